The van der Waals surface area contributed by atoms with Gasteiger partial charge in [0.15, 0.2) is 11.5 Å². The van der Waals surface area contributed by atoms with Crippen molar-refractivity contribution in [3.8, 4) is 11.5 Å². The summed E-state index contributed by atoms with van der Waals surface area (Å²) in [4.78, 5) is 11.2. The zero-order valence-electron chi connectivity index (χ0n) is 11.3. The zero-order chi connectivity index (χ0) is 14.3. The Morgan fingerprint density at radius 2 is 2.15 bits per heavy atom. The van der Waals surface area contributed by atoms with E-state index >= 15 is 0 Å². The molecule has 1 aliphatic heterocycles. The number of carboxylic acids is 1. The summed E-state index contributed by atoms with van der Waals surface area (Å²) in [6.07, 6.45) is 2.39. The van der Waals surface area contributed by atoms with Crippen LogP contribution in [0.1, 0.15) is 36.3 Å². The molecular weight excluding hydrogens is 324 g/mol. The molecule has 0 saturated heterocycles. The largest absolute Gasteiger partial charge is 0.486 e. The first-order valence-electron chi connectivity index (χ1n) is 6.88. The van der Waals surface area contributed by atoms with Crippen molar-refractivity contribution in [2.45, 2.75) is 32.1 Å². The molecule has 1 saturated carbocycles. The van der Waals surface area contributed by atoms with Crippen LogP contribution in [0.2, 0.25) is 0 Å². The second kappa shape index (κ2) is 5.28. The first-order valence-corrected chi connectivity index (χ1v) is 7.67. The van der Waals surface area contributed by atoms with E-state index in [1.807, 2.05) is 13.0 Å². The number of halogens is 1. The third kappa shape index (κ3) is 2.51. The van der Waals surface area contributed by atoms with Crippen LogP contribution in [0.25, 0.3) is 0 Å². The number of rotatable bonds is 4. The fourth-order valence-electron chi connectivity index (χ4n) is 2.93. The average molecular weight is 341 g/mol. The van der Waals surface area contributed by atoms with E-state index in [0.717, 1.165) is 34.2 Å². The summed E-state index contributed by atoms with van der Waals surface area (Å²) in [5, 5.41) is 9.17. The molecule has 0 amide bonds. The minimum Gasteiger partial charge on any atom is -0.486 e. The van der Waals surface area contributed by atoms with Gasteiger partial charge in [0.1, 0.15) is 13.2 Å². The molecule has 0 bridgehead atoms. The molecule has 0 spiro atoms. The highest BCUT2D eigenvalue weighted by Crippen LogP contribution is 2.51. The van der Waals surface area contributed by atoms with Crippen LogP contribution in [0.5, 0.6) is 11.5 Å². The molecule has 4 nitrogen and oxygen atoms in total. The average Bonchev–Trinajstić information content (AvgIpc) is 3.21. The number of aryl methyl sites for hydroxylation is 1. The van der Waals surface area contributed by atoms with Crippen LogP contribution in [0.15, 0.2) is 10.5 Å². The van der Waals surface area contributed by atoms with Crippen LogP contribution in [0, 0.1) is 12.8 Å². The molecule has 1 aromatic rings. The van der Waals surface area contributed by atoms with E-state index in [9.17, 15) is 9.90 Å². The van der Waals surface area contributed by atoms with Crippen LogP contribution in [-0.4, -0.2) is 24.3 Å². The van der Waals surface area contributed by atoms with Gasteiger partial charge in [0.25, 0.3) is 0 Å². The predicted molar refractivity (Wildman–Crippen MR) is 77.6 cm³/mol. The Morgan fingerprint density at radius 3 is 2.80 bits per heavy atom. The predicted octanol–water partition coefficient (Wildman–Crippen LogP) is 3.50. The van der Waals surface area contributed by atoms with Crippen molar-refractivity contribution < 1.29 is 19.4 Å². The molecule has 0 radical (unpaired) electrons. The number of ether oxygens (including phenoxy) is 2. The summed E-state index contributed by atoms with van der Waals surface area (Å²) in [6, 6.07) is 1.96. The van der Waals surface area contributed by atoms with E-state index in [1.54, 1.807) is 0 Å². The van der Waals surface area contributed by atoms with E-state index in [4.69, 9.17) is 9.47 Å². The maximum Gasteiger partial charge on any atom is 0.303 e. The Kier molecular flexibility index (Phi) is 3.63. The fraction of sp³-hybridized carbons (Fsp3) is 0.533. The van der Waals surface area contributed by atoms with Crippen molar-refractivity contribution in [1.82, 2.24) is 0 Å². The van der Waals surface area contributed by atoms with Crippen molar-refractivity contribution in [2.24, 2.45) is 5.92 Å². The molecule has 1 unspecified atom stereocenters. The van der Waals surface area contributed by atoms with Gasteiger partial charge in [-0.05, 0) is 64.7 Å². The molecule has 1 fully saturated rings. The van der Waals surface area contributed by atoms with Gasteiger partial charge in [0.05, 0.1) is 10.9 Å². The number of carbonyl (C=O) groups is 1. The van der Waals surface area contributed by atoms with E-state index in [0.29, 0.717) is 24.9 Å². The SMILES string of the molecule is Cc1cc2c(c(Br)c1C(CC(=O)O)C1CC1)OCCO2. The summed E-state index contributed by atoms with van der Waals surface area (Å²) in [5.74, 6) is 1.24. The highest BCUT2D eigenvalue weighted by Gasteiger charge is 2.37. The fourth-order valence-corrected chi connectivity index (χ4v) is 3.84. The van der Waals surface area contributed by atoms with Crippen molar-refractivity contribution in [3.05, 3.63) is 21.7 Å². The number of carboxylic acid groups (broad SMARTS) is 1. The van der Waals surface area contributed by atoms with E-state index in [1.165, 1.54) is 0 Å². The maximum atomic E-state index is 11.2. The highest BCUT2D eigenvalue weighted by atomic mass is 79.9. The molecule has 1 atom stereocenters. The topological polar surface area (TPSA) is 55.8 Å². The normalized spacial score (nSPS) is 18.7. The Labute approximate surface area is 126 Å². The van der Waals surface area contributed by atoms with Crippen LogP contribution in [-0.2, 0) is 4.79 Å². The Bertz CT molecular complexity index is 551. The third-order valence-electron chi connectivity index (χ3n) is 3.98. The molecule has 2 aliphatic rings. The monoisotopic (exact) mass is 340 g/mol. The van der Waals surface area contributed by atoms with Gasteiger partial charge < -0.3 is 14.6 Å². The van der Waals surface area contributed by atoms with Crippen LogP contribution in [0.3, 0.4) is 0 Å². The maximum absolute atomic E-state index is 11.2. The molecule has 108 valence electrons. The summed E-state index contributed by atoms with van der Waals surface area (Å²) < 4.78 is 12.2. The standard InChI is InChI=1S/C15H17BrO4/c1-8-6-11-15(20-5-4-19-11)14(16)13(8)10(7-12(17)18)9-2-3-9/h6,9-10H,2-5,7H2,1H3,(H,17,18). The van der Waals surface area contributed by atoms with Crippen molar-refractivity contribution in [3.63, 3.8) is 0 Å². The van der Waals surface area contributed by atoms with Gasteiger partial charge in [-0.25, -0.2) is 0 Å². The lowest BCUT2D eigenvalue weighted by atomic mass is 9.87. The van der Waals surface area contributed by atoms with Gasteiger partial charge >= 0.3 is 5.97 Å². The summed E-state index contributed by atoms with van der Waals surface area (Å²) in [5.41, 5.74) is 2.14. The lowest BCUT2D eigenvalue weighted by molar-refractivity contribution is -0.137. The van der Waals surface area contributed by atoms with E-state index in [-0.39, 0.29) is 12.3 Å². The molecule has 1 N–H and O–H groups in total. The van der Waals surface area contributed by atoms with Gasteiger partial charge in [0.2, 0.25) is 0 Å². The number of hydrogen-bond acceptors (Lipinski definition) is 3. The smallest absolute Gasteiger partial charge is 0.303 e. The van der Waals surface area contributed by atoms with E-state index in [2.05, 4.69) is 15.9 Å². The number of hydrogen-bond donors (Lipinski definition) is 1. The van der Waals surface area contributed by atoms with Crippen molar-refractivity contribution in [2.75, 3.05) is 13.2 Å². The molecule has 1 aromatic carbocycles. The molecule has 0 aromatic heterocycles. The van der Waals surface area contributed by atoms with Crippen molar-refractivity contribution in [1.29, 1.82) is 0 Å². The number of aliphatic carboxylic acids is 1. The zero-order valence-corrected chi connectivity index (χ0v) is 12.9. The molecule has 3 rings (SSSR count). The van der Waals surface area contributed by atoms with Gasteiger partial charge in [-0.3, -0.25) is 4.79 Å². The highest BCUT2D eigenvalue weighted by molar-refractivity contribution is 9.10. The number of fused-ring (bicyclic) bond motifs is 1. The van der Waals surface area contributed by atoms with Gasteiger partial charge in [-0.2, -0.15) is 0 Å². The third-order valence-corrected chi connectivity index (χ3v) is 4.76. The first-order chi connectivity index (χ1) is 9.58. The minimum atomic E-state index is -0.747. The molecule has 1 heterocycles. The second-order valence-corrected chi connectivity index (χ2v) is 6.28. The molecular formula is C15H17BrO4. The van der Waals surface area contributed by atoms with E-state index < -0.39 is 5.97 Å². The molecule has 5 heteroatoms. The summed E-state index contributed by atoms with van der Waals surface area (Å²) >= 11 is 3.61. The van der Waals surface area contributed by atoms with Crippen LogP contribution < -0.4 is 9.47 Å². The quantitative estimate of drug-likeness (QED) is 0.911. The lowest BCUT2D eigenvalue weighted by Gasteiger charge is -2.25. The van der Waals surface area contributed by atoms with Crippen molar-refractivity contribution >= 4 is 21.9 Å². The van der Waals surface area contributed by atoms with Gasteiger partial charge in [0, 0.05) is 0 Å². The Morgan fingerprint density at radius 1 is 1.45 bits per heavy atom. The lowest BCUT2D eigenvalue weighted by Crippen LogP contribution is -2.18. The summed E-state index contributed by atoms with van der Waals surface area (Å²) in [6.45, 7) is 3.09. The van der Waals surface area contributed by atoms with Gasteiger partial charge in [-0.15, -0.1) is 0 Å². The minimum absolute atomic E-state index is 0.0534. The Balaban J connectivity index is 2.04. The van der Waals surface area contributed by atoms with Crippen LogP contribution >= 0.6 is 15.9 Å². The first kappa shape index (κ1) is 13.7. The van der Waals surface area contributed by atoms with Gasteiger partial charge in [-0.1, -0.05) is 0 Å². The Hall–Kier alpha value is -1.23. The molecule has 20 heavy (non-hydrogen) atoms. The number of benzene rings is 1. The van der Waals surface area contributed by atoms with Crippen LogP contribution in [0.4, 0.5) is 0 Å². The summed E-state index contributed by atoms with van der Waals surface area (Å²) in [7, 11) is 0. The molecule has 1 aliphatic carbocycles. The second-order valence-electron chi connectivity index (χ2n) is 5.49.